The summed E-state index contributed by atoms with van der Waals surface area (Å²) in [7, 11) is -0.339. The van der Waals surface area contributed by atoms with Crippen molar-refractivity contribution in [2.45, 2.75) is 130 Å². The Labute approximate surface area is 393 Å². The van der Waals surface area contributed by atoms with Crippen molar-refractivity contribution >= 4 is 69.2 Å². The Balaban J connectivity index is 0.000000208. The number of rotatable bonds is 9. The summed E-state index contributed by atoms with van der Waals surface area (Å²) in [6.45, 7) is 17.5. The average Bonchev–Trinajstić information content (AvgIpc) is 3.98. The van der Waals surface area contributed by atoms with E-state index in [0.29, 0.717) is 11.4 Å². The van der Waals surface area contributed by atoms with Crippen LogP contribution in [0.1, 0.15) is 135 Å². The normalized spacial score (nSPS) is 20.1. The second-order valence-electron chi connectivity index (χ2n) is 19.3. The molecule has 346 valence electrons. The number of esters is 1. The van der Waals surface area contributed by atoms with Gasteiger partial charge in [-0.15, -0.1) is 0 Å². The molecule has 2 atom stereocenters. The predicted octanol–water partition coefficient (Wildman–Crippen LogP) is 12.3. The van der Waals surface area contributed by atoms with Crippen LogP contribution in [0.15, 0.2) is 97.3 Å². The Kier molecular flexibility index (Phi) is 14.1. The quantitative estimate of drug-likeness (QED) is 0.0612. The molecule has 6 aromatic rings. The van der Waals surface area contributed by atoms with Crippen molar-refractivity contribution in [1.82, 2.24) is 19.6 Å². The van der Waals surface area contributed by atoms with Gasteiger partial charge in [0.25, 0.3) is 0 Å². The second kappa shape index (κ2) is 19.6. The monoisotopic (exact) mass is 914 g/mol. The number of fused-ring (bicyclic) bond motifs is 2. The molecule has 2 aromatic heterocycles. The molecule has 0 aliphatic carbocycles. The summed E-state index contributed by atoms with van der Waals surface area (Å²) in [5.74, 6) is -0.764. The molecule has 0 N–H and O–H groups in total. The summed E-state index contributed by atoms with van der Waals surface area (Å²) in [6.07, 6.45) is 14.2. The third kappa shape index (κ3) is 10.5. The van der Waals surface area contributed by atoms with Crippen LogP contribution in [0.25, 0.3) is 39.0 Å². The minimum Gasteiger partial charge on any atom is -0.457 e. The number of allylic oxidation sites excluding steroid dienone is 1. The van der Waals surface area contributed by atoms with E-state index in [4.69, 9.17) is 35.1 Å². The van der Waals surface area contributed by atoms with E-state index < -0.39 is 5.60 Å². The van der Waals surface area contributed by atoms with Crippen LogP contribution in [0.4, 0.5) is 4.39 Å². The lowest BCUT2D eigenvalue weighted by atomic mass is 9.79. The van der Waals surface area contributed by atoms with Crippen LogP contribution < -0.4 is 5.46 Å². The number of halogens is 2. The highest BCUT2D eigenvalue weighted by Gasteiger charge is 2.51. The van der Waals surface area contributed by atoms with E-state index in [0.717, 1.165) is 106 Å². The summed E-state index contributed by atoms with van der Waals surface area (Å²) in [5.41, 5.74) is 7.57. The zero-order valence-electron chi connectivity index (χ0n) is 39.4. The van der Waals surface area contributed by atoms with Gasteiger partial charge in [-0.3, -0.25) is 0 Å². The van der Waals surface area contributed by atoms with Crippen LogP contribution in [0, 0.1) is 5.82 Å². The molecule has 9 rings (SSSR count). The van der Waals surface area contributed by atoms with E-state index >= 15 is 0 Å². The molecular formula is C53H61BClFN4O6. The summed E-state index contributed by atoms with van der Waals surface area (Å²) < 4.78 is 47.5. The predicted molar refractivity (Wildman–Crippen MR) is 262 cm³/mol. The first-order valence-electron chi connectivity index (χ1n) is 23.2. The van der Waals surface area contributed by atoms with Crippen molar-refractivity contribution in [3.63, 3.8) is 0 Å². The van der Waals surface area contributed by atoms with Crippen molar-refractivity contribution in [2.75, 3.05) is 13.2 Å². The first-order valence-corrected chi connectivity index (χ1v) is 23.6. The van der Waals surface area contributed by atoms with Gasteiger partial charge in [-0.2, -0.15) is 10.2 Å². The molecular weight excluding hydrogens is 854 g/mol. The zero-order valence-corrected chi connectivity index (χ0v) is 40.2. The van der Waals surface area contributed by atoms with E-state index in [-0.39, 0.29) is 42.6 Å². The fraction of sp³-hybridized carbons (Fsp3) is 0.415. The number of carbonyl (C=O) groups excluding carboxylic acids is 1. The first kappa shape index (κ1) is 47.4. The maximum absolute atomic E-state index is 14.0. The molecule has 3 aliphatic heterocycles. The molecule has 2 unspecified atom stereocenters. The van der Waals surface area contributed by atoms with E-state index in [2.05, 4.69) is 81.2 Å². The fourth-order valence-corrected chi connectivity index (χ4v) is 8.99. The molecule has 10 nitrogen and oxygen atoms in total. The molecule has 66 heavy (non-hydrogen) atoms. The van der Waals surface area contributed by atoms with Crippen LogP contribution >= 0.6 is 11.6 Å². The lowest BCUT2D eigenvalue weighted by molar-refractivity contribution is -0.148. The van der Waals surface area contributed by atoms with Gasteiger partial charge in [-0.25, -0.2) is 18.5 Å². The number of hydrogen-bond acceptors (Lipinski definition) is 8. The van der Waals surface area contributed by atoms with Gasteiger partial charge < -0.3 is 23.5 Å². The second-order valence-corrected chi connectivity index (χ2v) is 19.7. The average molecular weight is 915 g/mol. The molecule has 0 bridgehead atoms. The standard InChI is InChI=1S/C35H36ClFN2O3.C18H25BN2O3/c1-5-28(29-16-15-27(37)21-30(29)36)34(24-12-9-23(10-13-24)11-18-33(40)42-35(2,3)4)25-14-17-31-26(20-25)22-38-39(31)32-8-6-7-19-41-32;1-17(2)18(3,4)24-19(23-17)14-8-9-15-13(11-14)12-20-21(15)16-7-5-6-10-22-16/h9-18,20-22,32H,5-8,19H2,1-4H3;8-9,11-12,16H,5-7,10H2,1-4H3/b18-11+,34-28+;. The Morgan fingerprint density at radius 1 is 0.803 bits per heavy atom. The molecule has 13 heteroatoms. The summed E-state index contributed by atoms with van der Waals surface area (Å²) in [6, 6.07) is 25.1. The van der Waals surface area contributed by atoms with E-state index in [9.17, 15) is 9.18 Å². The number of hydrogen-bond donors (Lipinski definition) is 0. The number of carbonyl (C=O) groups is 1. The van der Waals surface area contributed by atoms with Gasteiger partial charge in [0, 0.05) is 30.1 Å². The highest BCUT2D eigenvalue weighted by molar-refractivity contribution is 6.62. The van der Waals surface area contributed by atoms with Crippen molar-refractivity contribution < 1.29 is 32.7 Å². The van der Waals surface area contributed by atoms with Crippen LogP contribution in [0.5, 0.6) is 0 Å². The molecule has 3 fully saturated rings. The fourth-order valence-electron chi connectivity index (χ4n) is 8.71. The van der Waals surface area contributed by atoms with Gasteiger partial charge in [0.15, 0.2) is 12.5 Å². The van der Waals surface area contributed by atoms with Crippen molar-refractivity contribution in [3.8, 4) is 0 Å². The summed E-state index contributed by atoms with van der Waals surface area (Å²) in [5, 5.41) is 11.7. The third-order valence-electron chi connectivity index (χ3n) is 12.8. The molecule has 0 spiro atoms. The van der Waals surface area contributed by atoms with Crippen molar-refractivity contribution in [2.24, 2.45) is 0 Å². The van der Waals surface area contributed by atoms with Crippen molar-refractivity contribution in [3.05, 3.63) is 130 Å². The molecule has 5 heterocycles. The van der Waals surface area contributed by atoms with Crippen LogP contribution in [0.3, 0.4) is 0 Å². The van der Waals surface area contributed by atoms with Gasteiger partial charge in [0.1, 0.15) is 11.4 Å². The largest absolute Gasteiger partial charge is 0.494 e. The highest BCUT2D eigenvalue weighted by Crippen LogP contribution is 2.40. The molecule has 4 aromatic carbocycles. The van der Waals surface area contributed by atoms with Gasteiger partial charge >= 0.3 is 13.1 Å². The molecule has 3 aliphatic rings. The van der Waals surface area contributed by atoms with Crippen molar-refractivity contribution in [1.29, 1.82) is 0 Å². The molecule has 0 amide bonds. The third-order valence-corrected chi connectivity index (χ3v) is 13.1. The number of nitrogens with zero attached hydrogens (tertiary/aromatic N) is 4. The van der Waals surface area contributed by atoms with Crippen LogP contribution in [-0.2, 0) is 28.3 Å². The van der Waals surface area contributed by atoms with Gasteiger partial charge in [0.2, 0.25) is 0 Å². The zero-order chi connectivity index (χ0) is 46.8. The number of ether oxygens (including phenoxy) is 3. The first-order chi connectivity index (χ1) is 31.5. The number of benzene rings is 4. The molecule has 0 saturated carbocycles. The number of aromatic nitrogens is 4. The van der Waals surface area contributed by atoms with Gasteiger partial charge in [-0.1, -0.05) is 67.1 Å². The maximum atomic E-state index is 14.0. The molecule has 3 saturated heterocycles. The maximum Gasteiger partial charge on any atom is 0.494 e. The molecule has 0 radical (unpaired) electrons. The Morgan fingerprint density at radius 3 is 1.92 bits per heavy atom. The topological polar surface area (TPSA) is 98.9 Å². The minimum atomic E-state index is -0.551. The van der Waals surface area contributed by atoms with Gasteiger partial charge in [-0.05, 0) is 169 Å². The van der Waals surface area contributed by atoms with Gasteiger partial charge in [0.05, 0.1) is 39.7 Å². The lowest BCUT2D eigenvalue weighted by Gasteiger charge is -2.32. The van der Waals surface area contributed by atoms with Crippen LogP contribution in [-0.4, -0.2) is 62.7 Å². The Morgan fingerprint density at radius 2 is 1.38 bits per heavy atom. The van der Waals surface area contributed by atoms with E-state index in [1.54, 1.807) is 12.1 Å². The lowest BCUT2D eigenvalue weighted by Crippen LogP contribution is -2.41. The van der Waals surface area contributed by atoms with E-state index in [1.807, 2.05) is 66.8 Å². The smallest absolute Gasteiger partial charge is 0.457 e. The Hall–Kier alpha value is -5.11. The van der Waals surface area contributed by atoms with Crippen LogP contribution in [0.2, 0.25) is 5.02 Å². The SMILES string of the molecule is CC/C(=C(/c1ccc(/C=C/C(=O)OC(C)(C)C)cc1)c1ccc2c(cnn2C2CCCCO2)c1)c1ccc(F)cc1Cl.CC1(C)OB(c2ccc3c(cnn3C3CCCCO3)c2)OC1(C)C. The minimum absolute atomic E-state index is 0.0531. The summed E-state index contributed by atoms with van der Waals surface area (Å²) in [4.78, 5) is 12.2. The highest BCUT2D eigenvalue weighted by atomic mass is 35.5. The van der Waals surface area contributed by atoms with E-state index in [1.165, 1.54) is 24.6 Å². The summed E-state index contributed by atoms with van der Waals surface area (Å²) >= 11 is 6.59. The Bertz CT molecular complexity index is 2730.